The largest absolute Gasteiger partial charge is 0.480 e. The Hall–Kier alpha value is -1.69. The first kappa shape index (κ1) is 14.4. The third kappa shape index (κ3) is 3.66. The van der Waals surface area contributed by atoms with Gasteiger partial charge in [0.1, 0.15) is 6.04 Å². The SMILES string of the molecule is CC(C)(C)C(NC(=O)c1ccc(Cl)nn1)C(=O)O. The highest BCUT2D eigenvalue weighted by atomic mass is 35.5. The molecule has 0 aliphatic rings. The average Bonchev–Trinajstić information content (AvgIpc) is 2.24. The van der Waals surface area contributed by atoms with Crippen LogP contribution in [0.15, 0.2) is 12.1 Å². The van der Waals surface area contributed by atoms with Gasteiger partial charge in [0.05, 0.1) is 0 Å². The van der Waals surface area contributed by atoms with Crippen LogP contribution in [0.5, 0.6) is 0 Å². The van der Waals surface area contributed by atoms with Gasteiger partial charge in [-0.15, -0.1) is 10.2 Å². The van der Waals surface area contributed by atoms with E-state index >= 15 is 0 Å². The second kappa shape index (κ2) is 5.30. The summed E-state index contributed by atoms with van der Waals surface area (Å²) in [6.07, 6.45) is 0. The molecule has 1 amide bonds. The van der Waals surface area contributed by atoms with Gasteiger partial charge < -0.3 is 10.4 Å². The lowest BCUT2D eigenvalue weighted by Crippen LogP contribution is -2.49. The van der Waals surface area contributed by atoms with E-state index in [1.807, 2.05) is 0 Å². The van der Waals surface area contributed by atoms with Crippen molar-refractivity contribution in [2.24, 2.45) is 5.41 Å². The van der Waals surface area contributed by atoms with Gasteiger partial charge in [-0.25, -0.2) is 4.79 Å². The monoisotopic (exact) mass is 271 g/mol. The van der Waals surface area contributed by atoms with E-state index in [0.29, 0.717) is 0 Å². The van der Waals surface area contributed by atoms with Crippen LogP contribution in [0.2, 0.25) is 5.15 Å². The van der Waals surface area contributed by atoms with Crippen molar-refractivity contribution in [2.75, 3.05) is 0 Å². The molecule has 1 atom stereocenters. The molecule has 18 heavy (non-hydrogen) atoms. The number of carbonyl (C=O) groups excluding carboxylic acids is 1. The van der Waals surface area contributed by atoms with Crippen LogP contribution in [0.1, 0.15) is 31.3 Å². The average molecular weight is 272 g/mol. The standard InChI is InChI=1S/C11H14ClN3O3/c1-11(2,3)8(10(17)18)13-9(16)6-4-5-7(12)15-14-6/h4-5,8H,1-3H3,(H,13,16)(H,17,18). The highest BCUT2D eigenvalue weighted by Gasteiger charge is 2.33. The molecule has 0 saturated carbocycles. The molecule has 0 fully saturated rings. The molecule has 0 aliphatic heterocycles. The lowest BCUT2D eigenvalue weighted by Gasteiger charge is -2.27. The number of aliphatic carboxylic acids is 1. The zero-order valence-corrected chi connectivity index (χ0v) is 11.0. The second-order valence-electron chi connectivity index (χ2n) is 4.85. The van der Waals surface area contributed by atoms with Gasteiger partial charge in [-0.3, -0.25) is 4.79 Å². The summed E-state index contributed by atoms with van der Waals surface area (Å²) in [6.45, 7) is 5.17. The number of nitrogens with zero attached hydrogens (tertiary/aromatic N) is 2. The van der Waals surface area contributed by atoms with Gasteiger partial charge in [0.25, 0.3) is 5.91 Å². The van der Waals surface area contributed by atoms with Gasteiger partial charge in [0.15, 0.2) is 10.8 Å². The maximum absolute atomic E-state index is 11.8. The van der Waals surface area contributed by atoms with E-state index in [1.54, 1.807) is 20.8 Å². The third-order valence-electron chi connectivity index (χ3n) is 2.25. The second-order valence-corrected chi connectivity index (χ2v) is 5.24. The molecule has 98 valence electrons. The molecule has 0 saturated heterocycles. The van der Waals surface area contributed by atoms with Gasteiger partial charge >= 0.3 is 5.97 Å². The fourth-order valence-electron chi connectivity index (χ4n) is 1.29. The number of halogens is 1. The van der Waals surface area contributed by atoms with Crippen molar-refractivity contribution in [1.29, 1.82) is 0 Å². The van der Waals surface area contributed by atoms with Crippen molar-refractivity contribution in [3.05, 3.63) is 23.0 Å². The van der Waals surface area contributed by atoms with Gasteiger partial charge in [-0.05, 0) is 17.5 Å². The predicted molar refractivity (Wildman–Crippen MR) is 65.4 cm³/mol. The summed E-state index contributed by atoms with van der Waals surface area (Å²) in [7, 11) is 0. The van der Waals surface area contributed by atoms with E-state index in [0.717, 1.165) is 0 Å². The minimum Gasteiger partial charge on any atom is -0.480 e. The number of rotatable bonds is 3. The lowest BCUT2D eigenvalue weighted by atomic mass is 9.86. The Labute approximate surface area is 109 Å². The van der Waals surface area contributed by atoms with Crippen LogP contribution >= 0.6 is 11.6 Å². The number of nitrogens with one attached hydrogen (secondary N) is 1. The molecule has 1 unspecified atom stereocenters. The number of hydrogen-bond donors (Lipinski definition) is 2. The number of carboxylic acids is 1. The van der Waals surface area contributed by atoms with Gasteiger partial charge in [-0.2, -0.15) is 0 Å². The fraction of sp³-hybridized carbons (Fsp3) is 0.455. The van der Waals surface area contributed by atoms with Crippen molar-refractivity contribution in [3.8, 4) is 0 Å². The van der Waals surface area contributed by atoms with Crippen LogP contribution in [-0.4, -0.2) is 33.2 Å². The van der Waals surface area contributed by atoms with Crippen LogP contribution in [-0.2, 0) is 4.79 Å². The molecule has 1 aromatic heterocycles. The summed E-state index contributed by atoms with van der Waals surface area (Å²) in [6, 6.07) is 1.78. The van der Waals surface area contributed by atoms with Gasteiger partial charge in [-0.1, -0.05) is 32.4 Å². The van der Waals surface area contributed by atoms with Gasteiger partial charge in [0.2, 0.25) is 0 Å². The first-order valence-electron chi connectivity index (χ1n) is 5.24. The number of aromatic nitrogens is 2. The molecule has 7 heteroatoms. The first-order chi connectivity index (χ1) is 8.21. The van der Waals surface area contributed by atoms with Crippen molar-refractivity contribution in [1.82, 2.24) is 15.5 Å². The summed E-state index contributed by atoms with van der Waals surface area (Å²) in [5.74, 6) is -1.70. The van der Waals surface area contributed by atoms with Crippen LogP contribution in [0.3, 0.4) is 0 Å². The Bertz CT molecular complexity index is 454. The molecule has 0 bridgehead atoms. The van der Waals surface area contributed by atoms with Crippen LogP contribution in [0.4, 0.5) is 0 Å². The summed E-state index contributed by atoms with van der Waals surface area (Å²) in [5, 5.41) is 18.8. The number of carboxylic acid groups (broad SMARTS) is 1. The van der Waals surface area contributed by atoms with E-state index < -0.39 is 23.3 Å². The van der Waals surface area contributed by atoms with Crippen molar-refractivity contribution in [2.45, 2.75) is 26.8 Å². The zero-order chi connectivity index (χ0) is 13.9. The maximum atomic E-state index is 11.8. The molecular formula is C11H14ClN3O3. The molecule has 2 N–H and O–H groups in total. The Morgan fingerprint density at radius 1 is 1.33 bits per heavy atom. The molecule has 1 rings (SSSR count). The summed E-state index contributed by atoms with van der Waals surface area (Å²) in [5.41, 5.74) is -0.587. The van der Waals surface area contributed by atoms with E-state index in [4.69, 9.17) is 16.7 Å². The Balaban J connectivity index is 2.86. The topological polar surface area (TPSA) is 92.2 Å². The van der Waals surface area contributed by atoms with Crippen LogP contribution in [0.25, 0.3) is 0 Å². The van der Waals surface area contributed by atoms with E-state index in [-0.39, 0.29) is 10.8 Å². The minimum atomic E-state index is -1.10. The Morgan fingerprint density at radius 2 is 1.94 bits per heavy atom. The lowest BCUT2D eigenvalue weighted by molar-refractivity contribution is -0.142. The Morgan fingerprint density at radius 3 is 2.33 bits per heavy atom. The number of carbonyl (C=O) groups is 2. The summed E-state index contributed by atoms with van der Waals surface area (Å²) >= 11 is 5.55. The van der Waals surface area contributed by atoms with Crippen molar-refractivity contribution >= 4 is 23.5 Å². The van der Waals surface area contributed by atoms with Crippen molar-refractivity contribution < 1.29 is 14.7 Å². The number of hydrogen-bond acceptors (Lipinski definition) is 4. The molecule has 0 spiro atoms. The maximum Gasteiger partial charge on any atom is 0.326 e. The Kier molecular flexibility index (Phi) is 4.24. The quantitative estimate of drug-likeness (QED) is 0.866. The highest BCUT2D eigenvalue weighted by molar-refractivity contribution is 6.29. The fourth-order valence-corrected chi connectivity index (χ4v) is 1.39. The smallest absolute Gasteiger partial charge is 0.326 e. The molecule has 6 nitrogen and oxygen atoms in total. The third-order valence-corrected chi connectivity index (χ3v) is 2.45. The van der Waals surface area contributed by atoms with Crippen LogP contribution in [0, 0.1) is 5.41 Å². The number of amides is 1. The minimum absolute atomic E-state index is 0.0231. The summed E-state index contributed by atoms with van der Waals surface area (Å²) in [4.78, 5) is 22.9. The predicted octanol–water partition coefficient (Wildman–Crippen LogP) is 1.36. The summed E-state index contributed by atoms with van der Waals surface area (Å²) < 4.78 is 0. The van der Waals surface area contributed by atoms with E-state index in [1.165, 1.54) is 12.1 Å². The van der Waals surface area contributed by atoms with E-state index in [9.17, 15) is 9.59 Å². The van der Waals surface area contributed by atoms with Gasteiger partial charge in [0, 0.05) is 0 Å². The normalized spacial score (nSPS) is 12.9. The zero-order valence-electron chi connectivity index (χ0n) is 10.3. The molecular weight excluding hydrogens is 258 g/mol. The molecule has 1 heterocycles. The highest BCUT2D eigenvalue weighted by Crippen LogP contribution is 2.19. The van der Waals surface area contributed by atoms with Crippen LogP contribution < -0.4 is 5.32 Å². The first-order valence-corrected chi connectivity index (χ1v) is 5.62. The molecule has 1 aromatic rings. The van der Waals surface area contributed by atoms with E-state index in [2.05, 4.69) is 15.5 Å². The molecule has 0 aromatic carbocycles. The molecule has 0 radical (unpaired) electrons. The van der Waals surface area contributed by atoms with Crippen molar-refractivity contribution in [3.63, 3.8) is 0 Å². The molecule has 0 aliphatic carbocycles.